The van der Waals surface area contributed by atoms with Crippen molar-refractivity contribution in [2.24, 2.45) is 0 Å². The van der Waals surface area contributed by atoms with Gasteiger partial charge in [0.2, 0.25) is 0 Å². The summed E-state index contributed by atoms with van der Waals surface area (Å²) in [4.78, 5) is 18.6. The Kier molecular flexibility index (Phi) is 6.95. The summed E-state index contributed by atoms with van der Waals surface area (Å²) < 4.78 is 32.1. The Bertz CT molecular complexity index is 1750. The summed E-state index contributed by atoms with van der Waals surface area (Å²) in [5, 5.41) is 6.96. The second-order valence-corrected chi connectivity index (χ2v) is 14.1. The van der Waals surface area contributed by atoms with E-state index in [1.807, 2.05) is 12.1 Å². The number of nitrogens with one attached hydrogen (secondary N) is 4. The molecule has 0 bridgehead atoms. The molecular weight excluding hydrogens is 568 g/mol. The van der Waals surface area contributed by atoms with E-state index in [-0.39, 0.29) is 41.2 Å². The molecule has 3 aliphatic heterocycles. The van der Waals surface area contributed by atoms with E-state index in [1.54, 1.807) is 12.1 Å². The van der Waals surface area contributed by atoms with Gasteiger partial charge in [-0.3, -0.25) is 0 Å². The van der Waals surface area contributed by atoms with Crippen molar-refractivity contribution >= 4 is 27.8 Å². The second-order valence-electron chi connectivity index (χ2n) is 14.1. The SMILES string of the molecule is CC(C)(C)c1ccc(N2[C@@H](c3cc4[nH]c([C@@H]5CCCN5)nc4cc3F)CC[C@@H]2c2cc3[nH]c([C@@H]4CCCN4)nc3cc2F)cc1. The van der Waals surface area contributed by atoms with E-state index in [1.165, 1.54) is 5.56 Å². The maximum absolute atomic E-state index is 16.0. The minimum absolute atomic E-state index is 0.00434. The molecule has 7 nitrogen and oxygen atoms in total. The minimum atomic E-state index is -0.278. The van der Waals surface area contributed by atoms with Crippen LogP contribution >= 0.6 is 0 Å². The third kappa shape index (κ3) is 5.10. The number of hydrogen-bond acceptors (Lipinski definition) is 5. The third-order valence-electron chi connectivity index (χ3n) is 10.2. The van der Waals surface area contributed by atoms with Gasteiger partial charge < -0.3 is 25.5 Å². The molecule has 5 heterocycles. The maximum Gasteiger partial charge on any atom is 0.130 e. The van der Waals surface area contributed by atoms with Gasteiger partial charge in [-0.05, 0) is 86.9 Å². The highest BCUT2D eigenvalue weighted by Crippen LogP contribution is 2.49. The normalized spacial score (nSPS) is 24.1. The monoisotopic (exact) mass is 609 g/mol. The Balaban J connectivity index is 1.21. The van der Waals surface area contributed by atoms with Crippen LogP contribution in [0.4, 0.5) is 14.5 Å². The number of fused-ring (bicyclic) bond motifs is 2. The number of aromatic nitrogens is 4. The molecule has 9 heteroatoms. The van der Waals surface area contributed by atoms with Crippen LogP contribution in [0.5, 0.6) is 0 Å². The molecule has 0 radical (unpaired) electrons. The Morgan fingerprint density at radius 3 is 1.60 bits per heavy atom. The van der Waals surface area contributed by atoms with Crippen molar-refractivity contribution in [3.8, 4) is 0 Å². The van der Waals surface area contributed by atoms with Crippen LogP contribution in [0.25, 0.3) is 22.1 Å². The van der Waals surface area contributed by atoms with Gasteiger partial charge in [0.05, 0.1) is 46.2 Å². The molecule has 234 valence electrons. The highest BCUT2D eigenvalue weighted by Gasteiger charge is 2.39. The topological polar surface area (TPSA) is 84.7 Å². The first kappa shape index (κ1) is 28.6. The first-order valence-corrected chi connectivity index (χ1v) is 16.5. The highest BCUT2D eigenvalue weighted by molar-refractivity contribution is 5.78. The molecule has 0 spiro atoms. The van der Waals surface area contributed by atoms with Crippen LogP contribution in [0.2, 0.25) is 0 Å². The molecule has 3 aliphatic rings. The molecule has 3 saturated heterocycles. The van der Waals surface area contributed by atoms with Crippen molar-refractivity contribution < 1.29 is 8.78 Å². The van der Waals surface area contributed by atoms with Gasteiger partial charge in [0.25, 0.3) is 0 Å². The van der Waals surface area contributed by atoms with E-state index in [0.29, 0.717) is 35.0 Å². The zero-order valence-corrected chi connectivity index (χ0v) is 26.2. The van der Waals surface area contributed by atoms with Crippen LogP contribution in [0.15, 0.2) is 48.5 Å². The number of rotatable bonds is 5. The summed E-state index contributed by atoms with van der Waals surface area (Å²) in [6, 6.07) is 15.3. The number of benzene rings is 3. The fraction of sp³-hybridized carbons (Fsp3) is 0.444. The zero-order chi connectivity index (χ0) is 30.9. The lowest BCUT2D eigenvalue weighted by Gasteiger charge is -2.34. The third-order valence-corrected chi connectivity index (χ3v) is 10.2. The van der Waals surface area contributed by atoms with E-state index >= 15 is 8.78 Å². The van der Waals surface area contributed by atoms with E-state index in [2.05, 4.69) is 70.5 Å². The van der Waals surface area contributed by atoms with Crippen molar-refractivity contribution in [2.75, 3.05) is 18.0 Å². The second kappa shape index (κ2) is 10.9. The largest absolute Gasteiger partial charge is 0.357 e. The van der Waals surface area contributed by atoms with E-state index < -0.39 is 0 Å². The molecule has 3 fully saturated rings. The average Bonchev–Trinajstić information content (AvgIpc) is 3.85. The molecule has 5 aromatic rings. The van der Waals surface area contributed by atoms with E-state index in [9.17, 15) is 0 Å². The van der Waals surface area contributed by atoms with Crippen molar-refractivity contribution in [3.63, 3.8) is 0 Å². The summed E-state index contributed by atoms with van der Waals surface area (Å²) >= 11 is 0. The van der Waals surface area contributed by atoms with Gasteiger partial charge in [-0.1, -0.05) is 32.9 Å². The van der Waals surface area contributed by atoms with Crippen molar-refractivity contribution in [3.05, 3.63) is 88.5 Å². The number of hydrogen-bond donors (Lipinski definition) is 4. The summed E-state index contributed by atoms with van der Waals surface area (Å²) in [5.41, 5.74) is 6.33. The van der Waals surface area contributed by atoms with Crippen LogP contribution in [0.1, 0.15) is 112 Å². The molecule has 0 saturated carbocycles. The van der Waals surface area contributed by atoms with Gasteiger partial charge in [-0.25, -0.2) is 18.7 Å². The van der Waals surface area contributed by atoms with Gasteiger partial charge >= 0.3 is 0 Å². The first-order valence-electron chi connectivity index (χ1n) is 16.5. The Morgan fingerprint density at radius 1 is 0.689 bits per heavy atom. The first-order chi connectivity index (χ1) is 21.7. The number of H-pyrrole nitrogens is 2. The Morgan fingerprint density at radius 2 is 1.18 bits per heavy atom. The highest BCUT2D eigenvalue weighted by atomic mass is 19.1. The number of nitrogens with zero attached hydrogens (tertiary/aromatic N) is 3. The fourth-order valence-electron chi connectivity index (χ4n) is 7.73. The Hall–Kier alpha value is -3.82. The molecular formula is C36H41F2N7. The molecule has 0 unspecified atom stereocenters. The lowest BCUT2D eigenvalue weighted by atomic mass is 9.87. The van der Waals surface area contributed by atoms with Gasteiger partial charge in [0.15, 0.2) is 0 Å². The van der Waals surface area contributed by atoms with Gasteiger partial charge in [-0.15, -0.1) is 0 Å². The summed E-state index contributed by atoms with van der Waals surface area (Å²) in [5.74, 6) is 1.17. The quantitative estimate of drug-likeness (QED) is 0.163. The van der Waals surface area contributed by atoms with Crippen LogP contribution in [0.3, 0.4) is 0 Å². The summed E-state index contributed by atoms with van der Waals surface area (Å²) in [6.45, 7) is 8.51. The average molecular weight is 610 g/mol. The molecule has 0 amide bonds. The van der Waals surface area contributed by atoms with Gasteiger partial charge in [0.1, 0.15) is 23.3 Å². The lowest BCUT2D eigenvalue weighted by Crippen LogP contribution is -2.27. The number of halogens is 2. The molecule has 4 atom stereocenters. The fourth-order valence-corrected chi connectivity index (χ4v) is 7.73. The molecule has 45 heavy (non-hydrogen) atoms. The van der Waals surface area contributed by atoms with Crippen LogP contribution in [-0.4, -0.2) is 33.0 Å². The van der Waals surface area contributed by atoms with Crippen LogP contribution < -0.4 is 15.5 Å². The number of aromatic amines is 2. The maximum atomic E-state index is 16.0. The predicted molar refractivity (Wildman–Crippen MR) is 174 cm³/mol. The molecule has 2 aromatic heterocycles. The zero-order valence-electron chi connectivity index (χ0n) is 26.2. The van der Waals surface area contributed by atoms with Crippen molar-refractivity contribution in [2.45, 2.75) is 88.9 Å². The van der Waals surface area contributed by atoms with E-state index in [4.69, 9.17) is 9.97 Å². The number of imidazole rings is 2. The van der Waals surface area contributed by atoms with Crippen LogP contribution in [0, 0.1) is 11.6 Å². The summed E-state index contributed by atoms with van der Waals surface area (Å²) in [7, 11) is 0. The standard InChI is InChI=1S/C36H41F2N7/c1-36(2,3)20-8-10-21(11-9-20)45-32(22-16-28-30(18-24(22)37)43-34(41-28)26-6-4-14-39-26)12-13-33(45)23-17-29-31(19-25(23)38)44-35(42-29)27-7-5-15-40-27/h8-11,16-19,26-27,32-33,39-40H,4-7,12-15H2,1-3H3,(H,41,43)(H,42,44)/t26-,27-,32+,33+/m0/s1. The number of anilines is 1. The lowest BCUT2D eigenvalue weighted by molar-refractivity contribution is 0.563. The minimum Gasteiger partial charge on any atom is -0.357 e. The van der Waals surface area contributed by atoms with Gasteiger partial charge in [-0.2, -0.15) is 0 Å². The molecule has 3 aromatic carbocycles. The predicted octanol–water partition coefficient (Wildman–Crippen LogP) is 7.95. The molecule has 0 aliphatic carbocycles. The van der Waals surface area contributed by atoms with Crippen molar-refractivity contribution in [1.29, 1.82) is 0 Å². The molecule has 8 rings (SSSR count). The summed E-state index contributed by atoms with van der Waals surface area (Å²) in [6.07, 6.45) is 5.63. The Labute approximate surface area is 262 Å². The van der Waals surface area contributed by atoms with Crippen LogP contribution in [-0.2, 0) is 5.41 Å². The smallest absolute Gasteiger partial charge is 0.130 e. The van der Waals surface area contributed by atoms with Crippen molar-refractivity contribution in [1.82, 2.24) is 30.6 Å². The van der Waals surface area contributed by atoms with Gasteiger partial charge in [0, 0.05) is 28.9 Å². The molecule has 4 N–H and O–H groups in total. The van der Waals surface area contributed by atoms with E-state index in [0.717, 1.165) is 67.1 Å².